The highest BCUT2D eigenvalue weighted by atomic mass is 32.1. The van der Waals surface area contributed by atoms with Crippen LogP contribution in [0.5, 0.6) is 11.5 Å². The summed E-state index contributed by atoms with van der Waals surface area (Å²) in [6, 6.07) is 6.13. The number of benzene rings is 2. The maximum Gasteiger partial charge on any atom is 0.260 e. The number of rotatable bonds is 3. The molecule has 2 aromatic carbocycles. The monoisotopic (exact) mass is 356 g/mol. The minimum absolute atomic E-state index is 0.0338. The number of halogens is 3. The lowest BCUT2D eigenvalue weighted by Gasteiger charge is -2.12. The first-order chi connectivity index (χ1) is 11.3. The van der Waals surface area contributed by atoms with Gasteiger partial charge >= 0.3 is 0 Å². The summed E-state index contributed by atoms with van der Waals surface area (Å²) in [4.78, 5) is 12.0. The van der Waals surface area contributed by atoms with Crippen LogP contribution in [0.25, 0.3) is 0 Å². The number of nitrogens with one attached hydrogen (secondary N) is 2. The highest BCUT2D eigenvalue weighted by Crippen LogP contribution is 2.26. The van der Waals surface area contributed by atoms with E-state index in [-0.39, 0.29) is 10.9 Å². The highest BCUT2D eigenvalue weighted by molar-refractivity contribution is 7.80. The zero-order valence-corrected chi connectivity index (χ0v) is 13.0. The summed E-state index contributed by atoms with van der Waals surface area (Å²) < 4.78 is 45.2. The van der Waals surface area contributed by atoms with Crippen molar-refractivity contribution in [1.82, 2.24) is 5.32 Å². The molecule has 24 heavy (non-hydrogen) atoms. The van der Waals surface area contributed by atoms with Crippen molar-refractivity contribution in [2.45, 2.75) is 0 Å². The number of hydrogen-bond donors (Lipinski definition) is 3. The number of ether oxygens (including phenoxy) is 1. The first kappa shape index (κ1) is 17.5. The standard InChI is InChI=1S/C15H11F3N2O3S/c1-23-13-11(17)9(6-10(16)12(13)18)14(22)20-15(24)19-7-2-4-8(21)5-3-7/h2-6,21H,1H3,(H2,19,20,22,24). The van der Waals surface area contributed by atoms with Crippen molar-refractivity contribution < 1.29 is 27.8 Å². The number of methoxy groups -OCH3 is 1. The fourth-order valence-electron chi connectivity index (χ4n) is 1.80. The van der Waals surface area contributed by atoms with Crippen LogP contribution in [0.2, 0.25) is 0 Å². The van der Waals surface area contributed by atoms with Crippen LogP contribution in [0.15, 0.2) is 30.3 Å². The van der Waals surface area contributed by atoms with E-state index in [1.165, 1.54) is 24.3 Å². The van der Waals surface area contributed by atoms with Gasteiger partial charge in [-0.3, -0.25) is 10.1 Å². The molecule has 5 nitrogen and oxygen atoms in total. The van der Waals surface area contributed by atoms with Crippen LogP contribution in [0, 0.1) is 17.5 Å². The van der Waals surface area contributed by atoms with Crippen molar-refractivity contribution in [1.29, 1.82) is 0 Å². The lowest BCUT2D eigenvalue weighted by molar-refractivity contribution is 0.0972. The van der Waals surface area contributed by atoms with Crippen LogP contribution < -0.4 is 15.4 Å². The Kier molecular flexibility index (Phi) is 5.24. The fourth-order valence-corrected chi connectivity index (χ4v) is 2.01. The molecular formula is C15H11F3N2O3S. The molecule has 0 aliphatic heterocycles. The molecule has 0 atom stereocenters. The molecule has 2 rings (SSSR count). The first-order valence-corrected chi connectivity index (χ1v) is 6.87. The lowest BCUT2D eigenvalue weighted by Crippen LogP contribution is -2.34. The molecule has 0 aliphatic carbocycles. The Hall–Kier alpha value is -2.81. The summed E-state index contributed by atoms with van der Waals surface area (Å²) in [5.41, 5.74) is -0.318. The van der Waals surface area contributed by atoms with Gasteiger partial charge in [-0.15, -0.1) is 0 Å². The molecule has 2 aromatic rings. The second-order valence-corrected chi connectivity index (χ2v) is 4.93. The minimum atomic E-state index is -1.53. The van der Waals surface area contributed by atoms with Gasteiger partial charge in [0.25, 0.3) is 5.91 Å². The van der Waals surface area contributed by atoms with Gasteiger partial charge in [0.05, 0.1) is 12.7 Å². The Labute approximate surface area is 140 Å². The molecule has 3 N–H and O–H groups in total. The summed E-state index contributed by atoms with van der Waals surface area (Å²) in [5, 5.41) is 13.7. The van der Waals surface area contributed by atoms with Gasteiger partial charge in [-0.25, -0.2) is 8.78 Å². The minimum Gasteiger partial charge on any atom is -0.508 e. The number of hydrogen-bond acceptors (Lipinski definition) is 4. The Morgan fingerprint density at radius 3 is 2.38 bits per heavy atom. The molecule has 0 spiro atoms. The molecule has 0 fully saturated rings. The fraction of sp³-hybridized carbons (Fsp3) is 0.0667. The highest BCUT2D eigenvalue weighted by Gasteiger charge is 2.24. The lowest BCUT2D eigenvalue weighted by atomic mass is 10.1. The van der Waals surface area contributed by atoms with E-state index >= 15 is 0 Å². The normalized spacial score (nSPS) is 10.2. The van der Waals surface area contributed by atoms with E-state index in [4.69, 9.17) is 17.3 Å². The molecular weight excluding hydrogens is 345 g/mol. The second-order valence-electron chi connectivity index (χ2n) is 4.52. The van der Waals surface area contributed by atoms with Gasteiger partial charge in [-0.05, 0) is 42.5 Å². The van der Waals surface area contributed by atoms with Crippen molar-refractivity contribution in [3.63, 3.8) is 0 Å². The molecule has 0 bridgehead atoms. The van der Waals surface area contributed by atoms with Gasteiger partial charge < -0.3 is 15.2 Å². The summed E-state index contributed by atoms with van der Waals surface area (Å²) >= 11 is 4.88. The quantitative estimate of drug-likeness (QED) is 0.448. The number of thiocarbonyl (C=S) groups is 1. The van der Waals surface area contributed by atoms with Crippen molar-refractivity contribution in [2.75, 3.05) is 12.4 Å². The van der Waals surface area contributed by atoms with Crippen LogP contribution in [0.3, 0.4) is 0 Å². The summed E-state index contributed by atoms with van der Waals surface area (Å²) in [7, 11) is 0.944. The molecule has 126 valence electrons. The molecule has 0 saturated heterocycles. The van der Waals surface area contributed by atoms with E-state index in [9.17, 15) is 18.0 Å². The second kappa shape index (κ2) is 7.18. The van der Waals surface area contributed by atoms with Gasteiger partial charge in [0.15, 0.2) is 22.5 Å². The zero-order valence-electron chi connectivity index (χ0n) is 12.2. The van der Waals surface area contributed by atoms with Crippen molar-refractivity contribution in [2.24, 2.45) is 0 Å². The number of aromatic hydroxyl groups is 1. The van der Waals surface area contributed by atoms with E-state index in [0.29, 0.717) is 11.8 Å². The predicted molar refractivity (Wildman–Crippen MR) is 84.7 cm³/mol. The number of carbonyl (C=O) groups is 1. The number of carbonyl (C=O) groups excluding carboxylic acids is 1. The molecule has 0 unspecified atom stereocenters. The number of anilines is 1. The zero-order chi connectivity index (χ0) is 17.9. The largest absolute Gasteiger partial charge is 0.508 e. The third-order valence-corrected chi connectivity index (χ3v) is 3.12. The Morgan fingerprint density at radius 1 is 1.17 bits per heavy atom. The molecule has 9 heteroatoms. The van der Waals surface area contributed by atoms with Crippen LogP contribution in [-0.2, 0) is 0 Å². The maximum absolute atomic E-state index is 14.0. The summed E-state index contributed by atoms with van der Waals surface area (Å²) in [5.74, 6) is -6.36. The summed E-state index contributed by atoms with van der Waals surface area (Å²) in [6.07, 6.45) is 0. The average Bonchev–Trinajstić information content (AvgIpc) is 2.53. The average molecular weight is 356 g/mol. The van der Waals surface area contributed by atoms with Gasteiger partial charge in [0, 0.05) is 5.69 Å². The van der Waals surface area contributed by atoms with Crippen molar-refractivity contribution in [3.05, 3.63) is 53.3 Å². The van der Waals surface area contributed by atoms with Crippen LogP contribution >= 0.6 is 12.2 Å². The Bertz CT molecular complexity index is 798. The van der Waals surface area contributed by atoms with Crippen LogP contribution in [0.4, 0.5) is 18.9 Å². The third kappa shape index (κ3) is 3.74. The Morgan fingerprint density at radius 2 is 1.79 bits per heavy atom. The van der Waals surface area contributed by atoms with Crippen molar-refractivity contribution in [3.8, 4) is 11.5 Å². The van der Waals surface area contributed by atoms with Gasteiger partial charge in [0.1, 0.15) is 5.75 Å². The van der Waals surface area contributed by atoms with E-state index in [1.807, 2.05) is 0 Å². The van der Waals surface area contributed by atoms with Crippen LogP contribution in [-0.4, -0.2) is 23.2 Å². The maximum atomic E-state index is 14.0. The first-order valence-electron chi connectivity index (χ1n) is 6.46. The van der Waals surface area contributed by atoms with Gasteiger partial charge in [0.2, 0.25) is 5.82 Å². The molecule has 0 aromatic heterocycles. The molecule has 1 amide bonds. The van der Waals surface area contributed by atoms with E-state index < -0.39 is 34.7 Å². The molecule has 0 aliphatic rings. The third-order valence-electron chi connectivity index (χ3n) is 2.92. The SMILES string of the molecule is COc1c(F)c(F)cc(C(=O)NC(=S)Nc2ccc(O)cc2)c1F. The topological polar surface area (TPSA) is 70.6 Å². The Balaban J connectivity index is 2.16. The summed E-state index contributed by atoms with van der Waals surface area (Å²) in [6.45, 7) is 0. The van der Waals surface area contributed by atoms with E-state index in [2.05, 4.69) is 15.4 Å². The molecule has 0 radical (unpaired) electrons. The van der Waals surface area contributed by atoms with E-state index in [0.717, 1.165) is 7.11 Å². The number of amides is 1. The number of phenols is 1. The molecule has 0 heterocycles. The molecule has 0 saturated carbocycles. The van der Waals surface area contributed by atoms with Crippen molar-refractivity contribution >= 4 is 28.9 Å². The van der Waals surface area contributed by atoms with Gasteiger partial charge in [-0.2, -0.15) is 4.39 Å². The predicted octanol–water partition coefficient (Wildman–Crippen LogP) is 2.94. The van der Waals surface area contributed by atoms with Crippen LogP contribution in [0.1, 0.15) is 10.4 Å². The van der Waals surface area contributed by atoms with E-state index in [1.54, 1.807) is 0 Å². The smallest absolute Gasteiger partial charge is 0.260 e. The van der Waals surface area contributed by atoms with Gasteiger partial charge in [-0.1, -0.05) is 0 Å². The number of phenolic OH excluding ortho intramolecular Hbond substituents is 1.